The van der Waals surface area contributed by atoms with Crippen molar-refractivity contribution in [1.29, 1.82) is 0 Å². The Morgan fingerprint density at radius 3 is 2.30 bits per heavy atom. The summed E-state index contributed by atoms with van der Waals surface area (Å²) in [7, 11) is -0.707. The molecule has 0 saturated heterocycles. The predicted octanol–water partition coefficient (Wildman–Crippen LogP) is 2.62. The van der Waals surface area contributed by atoms with Gasteiger partial charge in [-0.3, -0.25) is 9.52 Å². The highest BCUT2D eigenvalue weighted by Gasteiger charge is 2.16. The minimum atomic E-state index is -3.74. The van der Waals surface area contributed by atoms with E-state index in [1.807, 2.05) is 0 Å². The average molecular weight is 399 g/mol. The van der Waals surface area contributed by atoms with Crippen molar-refractivity contribution in [3.8, 4) is 5.75 Å². The fourth-order valence-corrected chi connectivity index (χ4v) is 3.64. The van der Waals surface area contributed by atoms with Crippen LogP contribution in [0.1, 0.15) is 10.4 Å². The van der Waals surface area contributed by atoms with Crippen molar-refractivity contribution in [3.63, 3.8) is 0 Å². The average Bonchev–Trinajstić information content (AvgIpc) is 2.54. The van der Waals surface area contributed by atoms with Gasteiger partial charge in [-0.05, 0) is 58.4 Å². The van der Waals surface area contributed by atoms with E-state index in [4.69, 9.17) is 4.74 Å². The summed E-state index contributed by atoms with van der Waals surface area (Å²) in [5, 5.41) is 2.50. The molecule has 0 atom stereocenters. The van der Waals surface area contributed by atoms with E-state index in [1.165, 1.54) is 38.4 Å². The van der Waals surface area contributed by atoms with Gasteiger partial charge in [0.1, 0.15) is 5.75 Å². The molecule has 23 heavy (non-hydrogen) atoms. The van der Waals surface area contributed by atoms with Crippen LogP contribution in [0.4, 0.5) is 5.69 Å². The van der Waals surface area contributed by atoms with Crippen LogP contribution in [-0.4, -0.2) is 28.5 Å². The predicted molar refractivity (Wildman–Crippen MR) is 91.3 cm³/mol. The molecule has 2 N–H and O–H groups in total. The normalized spacial score (nSPS) is 10.9. The summed E-state index contributed by atoms with van der Waals surface area (Å²) in [4.78, 5) is 11.6. The molecule has 0 heterocycles. The molecule has 2 aromatic rings. The lowest BCUT2D eigenvalue weighted by molar-refractivity contribution is 0.0963. The molecule has 0 bridgehead atoms. The third-order valence-electron chi connectivity index (χ3n) is 3.06. The van der Waals surface area contributed by atoms with Crippen LogP contribution >= 0.6 is 15.9 Å². The Balaban J connectivity index is 2.24. The molecule has 0 unspecified atom stereocenters. The number of benzene rings is 2. The zero-order valence-corrected chi connectivity index (χ0v) is 14.9. The number of nitrogens with one attached hydrogen (secondary N) is 2. The van der Waals surface area contributed by atoms with Gasteiger partial charge < -0.3 is 10.1 Å². The molecule has 2 aromatic carbocycles. The maximum absolute atomic E-state index is 12.4. The zero-order valence-electron chi connectivity index (χ0n) is 12.5. The number of halogens is 1. The Morgan fingerprint density at radius 1 is 1.13 bits per heavy atom. The second-order valence-corrected chi connectivity index (χ2v) is 7.10. The molecule has 0 aliphatic rings. The standard InChI is InChI=1S/C15H15BrN2O4S/c1-17-15(19)10-3-5-11(6-4-10)18-23(20,21)12-7-8-14(22-2)13(16)9-12/h3-9,18H,1-2H3,(H,17,19). The van der Waals surface area contributed by atoms with Gasteiger partial charge in [-0.25, -0.2) is 8.42 Å². The van der Waals surface area contributed by atoms with Gasteiger partial charge >= 0.3 is 0 Å². The highest BCUT2D eigenvalue weighted by atomic mass is 79.9. The number of methoxy groups -OCH3 is 1. The van der Waals surface area contributed by atoms with E-state index in [2.05, 4.69) is 26.0 Å². The summed E-state index contributed by atoms with van der Waals surface area (Å²) in [5.74, 6) is 0.303. The van der Waals surface area contributed by atoms with E-state index in [0.717, 1.165) is 0 Å². The Hall–Kier alpha value is -2.06. The lowest BCUT2D eigenvalue weighted by Crippen LogP contribution is -2.18. The number of carbonyl (C=O) groups is 1. The molecule has 0 aromatic heterocycles. The number of anilines is 1. The van der Waals surface area contributed by atoms with Crippen LogP contribution in [0.15, 0.2) is 51.8 Å². The number of hydrogen-bond donors (Lipinski definition) is 2. The lowest BCUT2D eigenvalue weighted by Gasteiger charge is -2.10. The van der Waals surface area contributed by atoms with Gasteiger partial charge in [-0.1, -0.05) is 0 Å². The maximum atomic E-state index is 12.4. The molecule has 0 aliphatic carbocycles. The number of carbonyl (C=O) groups excluding carboxylic acids is 1. The van der Waals surface area contributed by atoms with Crippen LogP contribution in [-0.2, 0) is 10.0 Å². The van der Waals surface area contributed by atoms with E-state index < -0.39 is 10.0 Å². The molecule has 8 heteroatoms. The van der Waals surface area contributed by atoms with Crippen molar-refractivity contribution in [1.82, 2.24) is 5.32 Å². The van der Waals surface area contributed by atoms with Crippen molar-refractivity contribution >= 4 is 37.5 Å². The first-order chi connectivity index (χ1) is 10.9. The van der Waals surface area contributed by atoms with Crippen LogP contribution in [0.25, 0.3) is 0 Å². The van der Waals surface area contributed by atoms with E-state index in [9.17, 15) is 13.2 Å². The van der Waals surface area contributed by atoms with Gasteiger partial charge in [0.15, 0.2) is 0 Å². The minimum Gasteiger partial charge on any atom is -0.496 e. The second-order valence-electron chi connectivity index (χ2n) is 4.56. The number of sulfonamides is 1. The Kier molecular flexibility index (Phi) is 5.27. The van der Waals surface area contributed by atoms with Crippen LogP contribution in [0.3, 0.4) is 0 Å². The first-order valence-corrected chi connectivity index (χ1v) is 8.83. The summed E-state index contributed by atoms with van der Waals surface area (Å²) >= 11 is 3.26. The summed E-state index contributed by atoms with van der Waals surface area (Å²) < 4.78 is 32.8. The zero-order chi connectivity index (χ0) is 17.0. The molecular formula is C15H15BrN2O4S. The molecule has 0 spiro atoms. The third-order valence-corrected chi connectivity index (χ3v) is 5.06. The second kappa shape index (κ2) is 7.01. The largest absolute Gasteiger partial charge is 0.496 e. The van der Waals surface area contributed by atoms with Gasteiger partial charge in [0.05, 0.1) is 16.5 Å². The summed E-state index contributed by atoms with van der Waals surface area (Å²) in [5.41, 5.74) is 0.812. The van der Waals surface area contributed by atoms with Gasteiger partial charge in [-0.2, -0.15) is 0 Å². The first kappa shape index (κ1) is 17.3. The Morgan fingerprint density at radius 2 is 1.78 bits per heavy atom. The molecule has 1 amide bonds. The molecule has 2 rings (SSSR count). The highest BCUT2D eigenvalue weighted by molar-refractivity contribution is 9.10. The van der Waals surface area contributed by atoms with Gasteiger partial charge in [-0.15, -0.1) is 0 Å². The van der Waals surface area contributed by atoms with Crippen LogP contribution in [0, 0.1) is 0 Å². The van der Waals surface area contributed by atoms with Crippen LogP contribution in [0.5, 0.6) is 5.75 Å². The van der Waals surface area contributed by atoms with Crippen molar-refractivity contribution in [2.75, 3.05) is 18.9 Å². The summed E-state index contributed by atoms with van der Waals surface area (Å²) in [6, 6.07) is 10.6. The molecule has 0 aliphatic heterocycles. The van der Waals surface area contributed by atoms with E-state index in [1.54, 1.807) is 18.2 Å². The monoisotopic (exact) mass is 398 g/mol. The smallest absolute Gasteiger partial charge is 0.261 e. The van der Waals surface area contributed by atoms with Crippen molar-refractivity contribution in [2.24, 2.45) is 0 Å². The van der Waals surface area contributed by atoms with Crippen molar-refractivity contribution < 1.29 is 17.9 Å². The SMILES string of the molecule is CNC(=O)c1ccc(NS(=O)(=O)c2ccc(OC)c(Br)c2)cc1. The molecular weight excluding hydrogens is 384 g/mol. The molecule has 0 fully saturated rings. The Bertz CT molecular complexity index is 820. The van der Waals surface area contributed by atoms with E-state index >= 15 is 0 Å². The number of ether oxygens (including phenoxy) is 1. The lowest BCUT2D eigenvalue weighted by atomic mass is 10.2. The number of hydrogen-bond acceptors (Lipinski definition) is 4. The Labute approximate surface area is 143 Å². The fourth-order valence-electron chi connectivity index (χ4n) is 1.86. The molecule has 0 radical (unpaired) electrons. The van der Waals surface area contributed by atoms with E-state index in [-0.39, 0.29) is 10.8 Å². The summed E-state index contributed by atoms with van der Waals surface area (Å²) in [6.07, 6.45) is 0. The molecule has 122 valence electrons. The minimum absolute atomic E-state index is 0.0977. The van der Waals surface area contributed by atoms with Crippen LogP contribution < -0.4 is 14.8 Å². The van der Waals surface area contributed by atoms with Crippen molar-refractivity contribution in [2.45, 2.75) is 4.90 Å². The topological polar surface area (TPSA) is 84.5 Å². The van der Waals surface area contributed by atoms with E-state index in [0.29, 0.717) is 21.5 Å². The first-order valence-electron chi connectivity index (χ1n) is 6.56. The van der Waals surface area contributed by atoms with Gasteiger partial charge in [0.25, 0.3) is 15.9 Å². The third kappa shape index (κ3) is 4.02. The summed E-state index contributed by atoms with van der Waals surface area (Å²) in [6.45, 7) is 0. The van der Waals surface area contributed by atoms with Crippen LogP contribution in [0.2, 0.25) is 0 Å². The molecule has 6 nitrogen and oxygen atoms in total. The van der Waals surface area contributed by atoms with Gasteiger partial charge in [0, 0.05) is 18.3 Å². The number of rotatable bonds is 5. The highest BCUT2D eigenvalue weighted by Crippen LogP contribution is 2.28. The molecule has 0 saturated carbocycles. The van der Waals surface area contributed by atoms with Gasteiger partial charge in [0.2, 0.25) is 0 Å². The maximum Gasteiger partial charge on any atom is 0.261 e. The number of amides is 1. The van der Waals surface area contributed by atoms with Crippen molar-refractivity contribution in [3.05, 3.63) is 52.5 Å². The fraction of sp³-hybridized carbons (Fsp3) is 0.133. The quantitative estimate of drug-likeness (QED) is 0.810.